The first kappa shape index (κ1) is 10.6. The normalized spacial score (nSPS) is 12.6. The fraction of sp³-hybridized carbons (Fsp3) is 0.300. The zero-order valence-electron chi connectivity index (χ0n) is 7.54. The molecular weight excluding hydrogens is 204 g/mol. The van der Waals surface area contributed by atoms with Crippen molar-refractivity contribution in [3.05, 3.63) is 29.3 Å². The van der Waals surface area contributed by atoms with E-state index in [0.717, 1.165) is 10.5 Å². The maximum atomic E-state index is 11.5. The Kier molecular flexibility index (Phi) is 3.40. The Morgan fingerprint density at radius 2 is 2.15 bits per heavy atom. The van der Waals surface area contributed by atoms with Gasteiger partial charge in [0.15, 0.2) is 5.78 Å². The summed E-state index contributed by atoms with van der Waals surface area (Å²) in [5.41, 5.74) is 1.64. The van der Waals surface area contributed by atoms with Gasteiger partial charge >= 0.3 is 0 Å². The molecule has 3 heteroatoms. The molecular formula is C10H11ClOS. The summed E-state index contributed by atoms with van der Waals surface area (Å²) in [6.07, 6.45) is 0. The van der Waals surface area contributed by atoms with Gasteiger partial charge in [-0.3, -0.25) is 4.79 Å². The predicted octanol–water partition coefficient (Wildman–Crippen LogP) is 3.09. The molecule has 0 N–H and O–H groups in total. The lowest BCUT2D eigenvalue weighted by Gasteiger charge is -2.04. The molecule has 0 amide bonds. The number of rotatable bonds is 2. The molecule has 1 rings (SSSR count). The third kappa shape index (κ3) is 2.48. The highest BCUT2D eigenvalue weighted by Crippen LogP contribution is 2.16. The van der Waals surface area contributed by atoms with Crippen molar-refractivity contribution in [2.75, 3.05) is 0 Å². The first-order valence-corrected chi connectivity index (χ1v) is 4.88. The quantitative estimate of drug-likeness (QED) is 0.455. The van der Waals surface area contributed by atoms with Crippen LogP contribution in [0.1, 0.15) is 22.8 Å². The number of carbonyl (C=O) groups is 1. The van der Waals surface area contributed by atoms with Gasteiger partial charge < -0.3 is 0 Å². The third-order valence-electron chi connectivity index (χ3n) is 1.84. The largest absolute Gasteiger partial charge is 0.293 e. The van der Waals surface area contributed by atoms with Crippen molar-refractivity contribution < 1.29 is 4.79 Å². The molecule has 0 aliphatic rings. The molecule has 1 nitrogen and oxygen atoms in total. The number of carbonyl (C=O) groups excluding carboxylic acids is 1. The molecule has 0 bridgehead atoms. The highest BCUT2D eigenvalue weighted by atomic mass is 35.5. The van der Waals surface area contributed by atoms with Gasteiger partial charge in [0.25, 0.3) is 0 Å². The minimum Gasteiger partial charge on any atom is -0.293 e. The van der Waals surface area contributed by atoms with Gasteiger partial charge in [0.2, 0.25) is 0 Å². The molecule has 1 aromatic rings. The number of hydrogen-bond donors (Lipinski definition) is 1. The maximum Gasteiger partial charge on any atom is 0.180 e. The summed E-state index contributed by atoms with van der Waals surface area (Å²) in [5, 5.41) is -0.467. The smallest absolute Gasteiger partial charge is 0.180 e. The second-order valence-electron chi connectivity index (χ2n) is 2.98. The van der Waals surface area contributed by atoms with Crippen molar-refractivity contribution in [3.63, 3.8) is 0 Å². The van der Waals surface area contributed by atoms with E-state index in [4.69, 9.17) is 11.6 Å². The summed E-state index contributed by atoms with van der Waals surface area (Å²) >= 11 is 9.91. The zero-order valence-corrected chi connectivity index (χ0v) is 9.19. The van der Waals surface area contributed by atoms with Gasteiger partial charge in [-0.15, -0.1) is 24.2 Å². The molecule has 13 heavy (non-hydrogen) atoms. The minimum atomic E-state index is -0.467. The SMILES string of the molecule is Cc1cc(C(=O)C(C)Cl)ccc1S. The summed E-state index contributed by atoms with van der Waals surface area (Å²) < 4.78 is 0. The van der Waals surface area contributed by atoms with Crippen LogP contribution in [-0.2, 0) is 0 Å². The van der Waals surface area contributed by atoms with E-state index >= 15 is 0 Å². The summed E-state index contributed by atoms with van der Waals surface area (Å²) in [6, 6.07) is 5.37. The Morgan fingerprint density at radius 1 is 1.54 bits per heavy atom. The summed E-state index contributed by atoms with van der Waals surface area (Å²) in [4.78, 5) is 12.3. The van der Waals surface area contributed by atoms with E-state index in [0.29, 0.717) is 5.56 Å². The van der Waals surface area contributed by atoms with Crippen LogP contribution < -0.4 is 0 Å². The van der Waals surface area contributed by atoms with Crippen molar-refractivity contribution >= 4 is 30.0 Å². The number of benzene rings is 1. The molecule has 0 fully saturated rings. The summed E-state index contributed by atoms with van der Waals surface area (Å²) in [5.74, 6) is -0.0434. The fourth-order valence-corrected chi connectivity index (χ4v) is 1.30. The number of ketones is 1. The van der Waals surface area contributed by atoms with Crippen LogP contribution in [0.15, 0.2) is 23.1 Å². The second-order valence-corrected chi connectivity index (χ2v) is 4.12. The van der Waals surface area contributed by atoms with Gasteiger partial charge in [-0.2, -0.15) is 0 Å². The Hall–Kier alpha value is -0.470. The average Bonchev–Trinajstić information content (AvgIpc) is 2.08. The lowest BCUT2D eigenvalue weighted by atomic mass is 10.1. The zero-order chi connectivity index (χ0) is 10.0. The monoisotopic (exact) mass is 214 g/mol. The maximum absolute atomic E-state index is 11.5. The van der Waals surface area contributed by atoms with Crippen LogP contribution in [0.2, 0.25) is 0 Å². The van der Waals surface area contributed by atoms with Gasteiger partial charge in [0.1, 0.15) is 0 Å². The average molecular weight is 215 g/mol. The Morgan fingerprint density at radius 3 is 2.62 bits per heavy atom. The topological polar surface area (TPSA) is 17.1 Å². The number of halogens is 1. The van der Waals surface area contributed by atoms with Gasteiger partial charge in [0.05, 0.1) is 5.38 Å². The molecule has 70 valence electrons. The molecule has 1 unspecified atom stereocenters. The third-order valence-corrected chi connectivity index (χ3v) is 2.54. The first-order chi connectivity index (χ1) is 6.02. The number of Topliss-reactive ketones (excluding diaryl/α,β-unsaturated/α-hetero) is 1. The van der Waals surface area contributed by atoms with Gasteiger partial charge in [0, 0.05) is 10.5 Å². The number of hydrogen-bond acceptors (Lipinski definition) is 2. The van der Waals surface area contributed by atoms with Crippen LogP contribution in [-0.4, -0.2) is 11.2 Å². The number of alkyl halides is 1. The van der Waals surface area contributed by atoms with Crippen LogP contribution in [0.25, 0.3) is 0 Å². The molecule has 0 aromatic heterocycles. The van der Waals surface area contributed by atoms with E-state index in [2.05, 4.69) is 12.6 Å². The molecule has 0 aliphatic heterocycles. The predicted molar refractivity (Wildman–Crippen MR) is 58.1 cm³/mol. The van der Waals surface area contributed by atoms with Gasteiger partial charge in [-0.25, -0.2) is 0 Å². The van der Waals surface area contributed by atoms with E-state index in [1.165, 1.54) is 0 Å². The fourth-order valence-electron chi connectivity index (χ4n) is 1.04. The molecule has 1 atom stereocenters. The van der Waals surface area contributed by atoms with E-state index in [9.17, 15) is 4.79 Å². The molecule has 0 aliphatic carbocycles. The number of thiol groups is 1. The van der Waals surface area contributed by atoms with Crippen LogP contribution in [0, 0.1) is 6.92 Å². The van der Waals surface area contributed by atoms with Crippen molar-refractivity contribution in [2.24, 2.45) is 0 Å². The molecule has 0 radical (unpaired) electrons. The molecule has 1 aromatic carbocycles. The van der Waals surface area contributed by atoms with Gasteiger partial charge in [-0.05, 0) is 31.5 Å². The van der Waals surface area contributed by atoms with Crippen LogP contribution in [0.5, 0.6) is 0 Å². The standard InChI is InChI=1S/C10H11ClOS/c1-6-5-8(3-4-9(6)13)10(12)7(2)11/h3-5,7,13H,1-2H3. The van der Waals surface area contributed by atoms with Crippen molar-refractivity contribution in [2.45, 2.75) is 24.1 Å². The molecule has 0 heterocycles. The van der Waals surface area contributed by atoms with Crippen LogP contribution in [0.3, 0.4) is 0 Å². The van der Waals surface area contributed by atoms with Crippen molar-refractivity contribution in [3.8, 4) is 0 Å². The Labute approximate surface area is 88.5 Å². The van der Waals surface area contributed by atoms with Gasteiger partial charge in [-0.1, -0.05) is 6.07 Å². The lowest BCUT2D eigenvalue weighted by Crippen LogP contribution is -2.10. The Balaban J connectivity index is 3.04. The second kappa shape index (κ2) is 4.16. The van der Waals surface area contributed by atoms with E-state index in [-0.39, 0.29) is 5.78 Å². The molecule has 0 saturated carbocycles. The Bertz CT molecular complexity index is 334. The number of aryl methyl sites for hydroxylation is 1. The van der Waals surface area contributed by atoms with Crippen LogP contribution >= 0.6 is 24.2 Å². The highest BCUT2D eigenvalue weighted by Gasteiger charge is 2.12. The van der Waals surface area contributed by atoms with E-state index < -0.39 is 5.38 Å². The minimum absolute atomic E-state index is 0.0434. The summed E-state index contributed by atoms with van der Waals surface area (Å²) in [6.45, 7) is 3.59. The molecule has 0 spiro atoms. The summed E-state index contributed by atoms with van der Waals surface area (Å²) in [7, 11) is 0. The highest BCUT2D eigenvalue weighted by molar-refractivity contribution is 7.80. The van der Waals surface area contributed by atoms with Crippen LogP contribution in [0.4, 0.5) is 0 Å². The van der Waals surface area contributed by atoms with Crippen molar-refractivity contribution in [1.82, 2.24) is 0 Å². The van der Waals surface area contributed by atoms with Crippen molar-refractivity contribution in [1.29, 1.82) is 0 Å². The first-order valence-electron chi connectivity index (χ1n) is 4.00. The molecule has 0 saturated heterocycles. The van der Waals surface area contributed by atoms with E-state index in [1.54, 1.807) is 13.0 Å². The van der Waals surface area contributed by atoms with E-state index in [1.807, 2.05) is 19.1 Å². The lowest BCUT2D eigenvalue weighted by molar-refractivity contribution is 0.0991.